The van der Waals surface area contributed by atoms with Gasteiger partial charge in [0.15, 0.2) is 6.10 Å². The fourth-order valence-corrected chi connectivity index (χ4v) is 3.56. The molecule has 2 aromatic carbocycles. The molecule has 0 saturated carbocycles. The Morgan fingerprint density at radius 2 is 1.66 bits per heavy atom. The lowest BCUT2D eigenvalue weighted by molar-refractivity contribution is -0.126. The SMILES string of the molecule is Cc1cccc(C)c1NC(=O)[C@@H](C)OC(=O)c1ccccc1SCC(=O)N(C)C. The summed E-state index contributed by atoms with van der Waals surface area (Å²) in [5.74, 6) is -0.849. The number of rotatable bonds is 7. The quantitative estimate of drug-likeness (QED) is 0.553. The predicted molar refractivity (Wildman–Crippen MR) is 115 cm³/mol. The van der Waals surface area contributed by atoms with Crippen molar-refractivity contribution in [2.75, 3.05) is 25.2 Å². The topological polar surface area (TPSA) is 75.7 Å². The van der Waals surface area contributed by atoms with Crippen LogP contribution in [0.15, 0.2) is 47.4 Å². The van der Waals surface area contributed by atoms with Gasteiger partial charge in [-0.2, -0.15) is 0 Å². The highest BCUT2D eigenvalue weighted by atomic mass is 32.2. The van der Waals surface area contributed by atoms with E-state index in [2.05, 4.69) is 5.32 Å². The van der Waals surface area contributed by atoms with Crippen molar-refractivity contribution in [2.24, 2.45) is 0 Å². The average Bonchev–Trinajstić information content (AvgIpc) is 2.68. The summed E-state index contributed by atoms with van der Waals surface area (Å²) in [4.78, 5) is 39.1. The van der Waals surface area contributed by atoms with Crippen LogP contribution in [0.1, 0.15) is 28.4 Å². The third kappa shape index (κ3) is 6.09. The molecule has 0 aliphatic rings. The lowest BCUT2D eigenvalue weighted by atomic mass is 10.1. The molecule has 1 atom stereocenters. The molecular formula is C22H26N2O4S. The standard InChI is InChI=1S/C22H26N2O4S/c1-14-9-8-10-15(2)20(14)23-21(26)16(3)28-22(27)17-11-6-7-12-18(17)29-13-19(25)24(4)5/h6-12,16H,13H2,1-5H3,(H,23,26)/t16-/m1/s1. The second kappa shape index (κ2) is 10.1. The van der Waals surface area contributed by atoms with Gasteiger partial charge in [0, 0.05) is 24.7 Å². The van der Waals surface area contributed by atoms with Gasteiger partial charge in [0.05, 0.1) is 11.3 Å². The Balaban J connectivity index is 2.06. The van der Waals surface area contributed by atoms with Gasteiger partial charge >= 0.3 is 5.97 Å². The minimum absolute atomic E-state index is 0.0560. The van der Waals surface area contributed by atoms with E-state index in [4.69, 9.17) is 4.74 Å². The van der Waals surface area contributed by atoms with Crippen molar-refractivity contribution in [2.45, 2.75) is 31.8 Å². The molecule has 0 spiro atoms. The summed E-state index contributed by atoms with van der Waals surface area (Å²) >= 11 is 1.26. The van der Waals surface area contributed by atoms with Crippen molar-refractivity contribution in [1.82, 2.24) is 4.90 Å². The van der Waals surface area contributed by atoms with E-state index in [1.54, 1.807) is 38.4 Å². The Bertz CT molecular complexity index is 891. The average molecular weight is 415 g/mol. The number of carbonyl (C=O) groups is 3. The summed E-state index contributed by atoms with van der Waals surface area (Å²) in [6.45, 7) is 5.34. The van der Waals surface area contributed by atoms with Crippen molar-refractivity contribution in [3.63, 3.8) is 0 Å². The summed E-state index contributed by atoms with van der Waals surface area (Å²) in [6, 6.07) is 12.6. The zero-order chi connectivity index (χ0) is 21.6. The molecule has 2 aromatic rings. The van der Waals surface area contributed by atoms with Gasteiger partial charge in [-0.05, 0) is 44.0 Å². The molecule has 7 heteroatoms. The molecule has 0 aliphatic heterocycles. The number of ether oxygens (including phenoxy) is 1. The van der Waals surface area contributed by atoms with Crippen LogP contribution in [0.2, 0.25) is 0 Å². The van der Waals surface area contributed by atoms with Crippen LogP contribution >= 0.6 is 11.8 Å². The fourth-order valence-electron chi connectivity index (χ4n) is 2.54. The maximum Gasteiger partial charge on any atom is 0.340 e. The molecule has 154 valence electrons. The van der Waals surface area contributed by atoms with E-state index in [1.165, 1.54) is 23.6 Å². The first-order valence-electron chi connectivity index (χ1n) is 9.20. The first-order valence-corrected chi connectivity index (χ1v) is 10.2. The molecule has 0 heterocycles. The van der Waals surface area contributed by atoms with Gasteiger partial charge < -0.3 is 15.0 Å². The number of nitrogens with zero attached hydrogens (tertiary/aromatic N) is 1. The first-order chi connectivity index (χ1) is 13.7. The van der Waals surface area contributed by atoms with Gasteiger partial charge in [-0.25, -0.2) is 4.79 Å². The number of anilines is 1. The highest BCUT2D eigenvalue weighted by Crippen LogP contribution is 2.24. The highest BCUT2D eigenvalue weighted by molar-refractivity contribution is 8.00. The first kappa shape index (κ1) is 22.5. The zero-order valence-electron chi connectivity index (χ0n) is 17.3. The lowest BCUT2D eigenvalue weighted by Gasteiger charge is -2.17. The van der Waals surface area contributed by atoms with Crippen LogP contribution in [0.3, 0.4) is 0 Å². The van der Waals surface area contributed by atoms with E-state index < -0.39 is 18.0 Å². The van der Waals surface area contributed by atoms with Crippen LogP contribution in [0, 0.1) is 13.8 Å². The lowest BCUT2D eigenvalue weighted by Crippen LogP contribution is -2.30. The number of aryl methyl sites for hydroxylation is 2. The molecule has 1 N–H and O–H groups in total. The Labute approximate surface area is 175 Å². The normalized spacial score (nSPS) is 11.5. The number of hydrogen-bond acceptors (Lipinski definition) is 5. The molecule has 0 saturated heterocycles. The summed E-state index contributed by atoms with van der Waals surface area (Å²) in [7, 11) is 3.36. The second-order valence-corrected chi connectivity index (χ2v) is 7.89. The van der Waals surface area contributed by atoms with E-state index in [9.17, 15) is 14.4 Å². The molecule has 29 heavy (non-hydrogen) atoms. The molecule has 2 amide bonds. The molecule has 0 bridgehead atoms. The van der Waals surface area contributed by atoms with Crippen molar-refractivity contribution >= 4 is 35.2 Å². The molecule has 0 aliphatic carbocycles. The number of esters is 1. The predicted octanol–water partition coefficient (Wildman–Crippen LogP) is 3.67. The third-order valence-corrected chi connectivity index (χ3v) is 5.40. The molecule has 0 radical (unpaired) electrons. The van der Waals surface area contributed by atoms with Crippen LogP contribution in [-0.2, 0) is 14.3 Å². The van der Waals surface area contributed by atoms with Crippen LogP contribution < -0.4 is 5.32 Å². The van der Waals surface area contributed by atoms with Gasteiger partial charge in [0.25, 0.3) is 5.91 Å². The van der Waals surface area contributed by atoms with E-state index in [0.29, 0.717) is 10.5 Å². The smallest absolute Gasteiger partial charge is 0.340 e. The van der Waals surface area contributed by atoms with Gasteiger partial charge in [0.2, 0.25) is 5.91 Å². The second-order valence-electron chi connectivity index (χ2n) is 6.88. The maximum atomic E-state index is 12.6. The number of thioether (sulfide) groups is 1. The Morgan fingerprint density at radius 3 is 2.28 bits per heavy atom. The van der Waals surface area contributed by atoms with Crippen molar-refractivity contribution in [3.05, 3.63) is 59.2 Å². The van der Waals surface area contributed by atoms with Crippen molar-refractivity contribution in [1.29, 1.82) is 0 Å². The summed E-state index contributed by atoms with van der Waals surface area (Å²) in [5, 5.41) is 2.83. The Morgan fingerprint density at radius 1 is 1.03 bits per heavy atom. The van der Waals surface area contributed by atoms with E-state index in [0.717, 1.165) is 16.8 Å². The van der Waals surface area contributed by atoms with Crippen LogP contribution in [0.5, 0.6) is 0 Å². The van der Waals surface area contributed by atoms with Crippen LogP contribution in [0.4, 0.5) is 5.69 Å². The zero-order valence-corrected chi connectivity index (χ0v) is 18.1. The number of amides is 2. The summed E-state index contributed by atoms with van der Waals surface area (Å²) < 4.78 is 5.39. The van der Waals surface area contributed by atoms with E-state index >= 15 is 0 Å². The van der Waals surface area contributed by atoms with Crippen LogP contribution in [-0.4, -0.2) is 48.6 Å². The number of carbonyl (C=O) groups excluding carboxylic acids is 3. The number of benzene rings is 2. The maximum absolute atomic E-state index is 12.6. The number of para-hydroxylation sites is 1. The highest BCUT2D eigenvalue weighted by Gasteiger charge is 2.22. The molecule has 0 unspecified atom stereocenters. The Hall–Kier alpha value is -2.80. The van der Waals surface area contributed by atoms with Crippen LogP contribution in [0.25, 0.3) is 0 Å². The Kier molecular flexibility index (Phi) is 7.84. The molecule has 0 fully saturated rings. The van der Waals surface area contributed by atoms with E-state index in [1.807, 2.05) is 32.0 Å². The number of nitrogens with one attached hydrogen (secondary N) is 1. The minimum atomic E-state index is -0.969. The molecule has 2 rings (SSSR count). The monoisotopic (exact) mass is 414 g/mol. The molecular weight excluding hydrogens is 388 g/mol. The minimum Gasteiger partial charge on any atom is -0.449 e. The molecule has 0 aromatic heterocycles. The van der Waals surface area contributed by atoms with Gasteiger partial charge in [-0.15, -0.1) is 11.8 Å². The third-order valence-electron chi connectivity index (χ3n) is 4.34. The van der Waals surface area contributed by atoms with Crippen molar-refractivity contribution < 1.29 is 19.1 Å². The van der Waals surface area contributed by atoms with Gasteiger partial charge in [-0.3, -0.25) is 9.59 Å². The molecule has 6 nitrogen and oxygen atoms in total. The summed E-state index contributed by atoms with van der Waals surface area (Å²) in [6.07, 6.45) is -0.969. The van der Waals surface area contributed by atoms with E-state index in [-0.39, 0.29) is 11.7 Å². The van der Waals surface area contributed by atoms with Gasteiger partial charge in [-0.1, -0.05) is 30.3 Å². The summed E-state index contributed by atoms with van der Waals surface area (Å²) in [5.41, 5.74) is 2.92. The largest absolute Gasteiger partial charge is 0.449 e. The fraction of sp³-hybridized carbons (Fsp3) is 0.318. The van der Waals surface area contributed by atoms with Gasteiger partial charge in [0.1, 0.15) is 0 Å². The van der Waals surface area contributed by atoms with Crippen molar-refractivity contribution in [3.8, 4) is 0 Å². The number of hydrogen-bond donors (Lipinski definition) is 1.